The fourth-order valence-corrected chi connectivity index (χ4v) is 2.38. The van der Waals surface area contributed by atoms with Crippen LogP contribution in [0.2, 0.25) is 0 Å². The van der Waals surface area contributed by atoms with Crippen molar-refractivity contribution in [1.82, 2.24) is 4.31 Å². The standard InChI is InChI=1S/C8H10N2O2S2/c1-10(14(2,11)12)7(6-9)8-4-3-5-13-8/h3-5,7H,1-2H3. The van der Waals surface area contributed by atoms with Gasteiger partial charge in [0.15, 0.2) is 0 Å². The van der Waals surface area contributed by atoms with E-state index in [1.165, 1.54) is 18.4 Å². The summed E-state index contributed by atoms with van der Waals surface area (Å²) >= 11 is 1.37. The minimum atomic E-state index is -3.32. The quantitative estimate of drug-likeness (QED) is 0.784. The molecule has 0 amide bonds. The minimum absolute atomic E-state index is 0.718. The number of thiophene rings is 1. The summed E-state index contributed by atoms with van der Waals surface area (Å²) in [7, 11) is -1.92. The highest BCUT2D eigenvalue weighted by atomic mass is 32.2. The van der Waals surface area contributed by atoms with Gasteiger partial charge in [-0.2, -0.15) is 9.57 Å². The van der Waals surface area contributed by atoms with Gasteiger partial charge in [0.05, 0.1) is 12.3 Å². The Hall–Kier alpha value is -0.900. The first-order valence-corrected chi connectivity index (χ1v) is 6.55. The lowest BCUT2D eigenvalue weighted by Crippen LogP contribution is -2.28. The van der Waals surface area contributed by atoms with Crippen molar-refractivity contribution in [2.75, 3.05) is 13.3 Å². The van der Waals surface area contributed by atoms with E-state index in [9.17, 15) is 8.42 Å². The zero-order valence-corrected chi connectivity index (χ0v) is 9.47. The van der Waals surface area contributed by atoms with Gasteiger partial charge in [-0.05, 0) is 11.4 Å². The van der Waals surface area contributed by atoms with E-state index in [1.807, 2.05) is 11.4 Å². The predicted molar refractivity (Wildman–Crippen MR) is 55.3 cm³/mol. The number of nitriles is 1. The van der Waals surface area contributed by atoms with Crippen molar-refractivity contribution in [2.45, 2.75) is 6.04 Å². The van der Waals surface area contributed by atoms with E-state index in [2.05, 4.69) is 0 Å². The Morgan fingerprint density at radius 3 is 2.64 bits per heavy atom. The van der Waals surface area contributed by atoms with Gasteiger partial charge in [0.1, 0.15) is 6.04 Å². The minimum Gasteiger partial charge on any atom is -0.212 e. The van der Waals surface area contributed by atoms with Crippen LogP contribution in [0, 0.1) is 11.3 Å². The van der Waals surface area contributed by atoms with Crippen LogP contribution < -0.4 is 0 Å². The van der Waals surface area contributed by atoms with Crippen molar-refractivity contribution in [1.29, 1.82) is 5.26 Å². The smallest absolute Gasteiger partial charge is 0.212 e. The average Bonchev–Trinajstić information content (AvgIpc) is 2.57. The number of sulfonamides is 1. The summed E-state index contributed by atoms with van der Waals surface area (Å²) < 4.78 is 23.5. The van der Waals surface area contributed by atoms with Gasteiger partial charge in [-0.3, -0.25) is 0 Å². The molecule has 0 aliphatic rings. The maximum Gasteiger partial charge on any atom is 0.212 e. The van der Waals surface area contributed by atoms with Crippen molar-refractivity contribution in [3.63, 3.8) is 0 Å². The lowest BCUT2D eigenvalue weighted by Gasteiger charge is -2.18. The molecule has 0 aliphatic carbocycles. The van der Waals surface area contributed by atoms with Crippen LogP contribution in [-0.2, 0) is 10.0 Å². The lowest BCUT2D eigenvalue weighted by molar-refractivity contribution is 0.441. The molecule has 1 atom stereocenters. The van der Waals surface area contributed by atoms with Crippen LogP contribution in [0.4, 0.5) is 0 Å². The van der Waals surface area contributed by atoms with Crippen LogP contribution in [0.1, 0.15) is 10.9 Å². The van der Waals surface area contributed by atoms with E-state index >= 15 is 0 Å². The molecule has 1 unspecified atom stereocenters. The van der Waals surface area contributed by atoms with E-state index in [0.29, 0.717) is 0 Å². The number of hydrogen-bond donors (Lipinski definition) is 0. The molecule has 0 bridgehead atoms. The zero-order valence-electron chi connectivity index (χ0n) is 7.84. The van der Waals surface area contributed by atoms with Crippen molar-refractivity contribution in [2.24, 2.45) is 0 Å². The van der Waals surface area contributed by atoms with Crippen molar-refractivity contribution < 1.29 is 8.42 Å². The Kier molecular flexibility index (Phi) is 3.26. The molecule has 0 N–H and O–H groups in total. The summed E-state index contributed by atoms with van der Waals surface area (Å²) in [5, 5.41) is 10.7. The first-order chi connectivity index (χ1) is 6.46. The highest BCUT2D eigenvalue weighted by Gasteiger charge is 2.24. The third kappa shape index (κ3) is 2.32. The van der Waals surface area contributed by atoms with Gasteiger partial charge in [-0.1, -0.05) is 6.07 Å². The summed E-state index contributed by atoms with van der Waals surface area (Å²) in [5.74, 6) is 0. The highest BCUT2D eigenvalue weighted by Crippen LogP contribution is 2.24. The molecular formula is C8H10N2O2S2. The molecule has 0 aromatic carbocycles. The van der Waals surface area contributed by atoms with Gasteiger partial charge < -0.3 is 0 Å². The molecule has 1 heterocycles. The second-order valence-electron chi connectivity index (χ2n) is 2.83. The molecule has 0 saturated heterocycles. The van der Waals surface area contributed by atoms with Crippen LogP contribution >= 0.6 is 11.3 Å². The third-order valence-electron chi connectivity index (χ3n) is 1.82. The Balaban J connectivity index is 3.02. The van der Waals surface area contributed by atoms with Crippen LogP contribution in [0.5, 0.6) is 0 Å². The molecule has 6 heteroatoms. The molecule has 0 aliphatic heterocycles. The van der Waals surface area contributed by atoms with Crippen molar-refractivity contribution in [3.05, 3.63) is 22.4 Å². The predicted octanol–water partition coefficient (Wildman–Crippen LogP) is 1.20. The van der Waals surface area contributed by atoms with Gasteiger partial charge in [-0.15, -0.1) is 11.3 Å². The summed E-state index contributed by atoms with van der Waals surface area (Å²) in [5.41, 5.74) is 0. The van der Waals surface area contributed by atoms with Crippen LogP contribution in [-0.4, -0.2) is 26.0 Å². The molecule has 1 aromatic rings. The lowest BCUT2D eigenvalue weighted by atomic mass is 10.3. The van der Waals surface area contributed by atoms with Crippen molar-refractivity contribution in [3.8, 4) is 6.07 Å². The number of nitrogens with zero attached hydrogens (tertiary/aromatic N) is 2. The van der Waals surface area contributed by atoms with Crippen LogP contribution in [0.25, 0.3) is 0 Å². The summed E-state index contributed by atoms with van der Waals surface area (Å²) in [6, 6.07) is 4.79. The largest absolute Gasteiger partial charge is 0.212 e. The molecule has 1 rings (SSSR count). The zero-order chi connectivity index (χ0) is 10.8. The molecule has 76 valence electrons. The molecule has 14 heavy (non-hydrogen) atoms. The first kappa shape index (κ1) is 11.2. The van der Waals surface area contributed by atoms with E-state index in [4.69, 9.17) is 5.26 Å². The summed E-state index contributed by atoms with van der Waals surface area (Å²) in [6.45, 7) is 0. The number of hydrogen-bond acceptors (Lipinski definition) is 4. The molecule has 0 fully saturated rings. The first-order valence-electron chi connectivity index (χ1n) is 3.83. The maximum absolute atomic E-state index is 11.2. The van der Waals surface area contributed by atoms with Crippen LogP contribution in [0.3, 0.4) is 0 Å². The van der Waals surface area contributed by atoms with Gasteiger partial charge in [0.25, 0.3) is 0 Å². The maximum atomic E-state index is 11.2. The highest BCUT2D eigenvalue weighted by molar-refractivity contribution is 7.88. The van der Waals surface area contributed by atoms with Gasteiger partial charge in [0, 0.05) is 11.9 Å². The Morgan fingerprint density at radius 2 is 2.29 bits per heavy atom. The molecular weight excluding hydrogens is 220 g/mol. The average molecular weight is 230 g/mol. The SMILES string of the molecule is CN(C(C#N)c1cccs1)S(C)(=O)=O. The van der Waals surface area contributed by atoms with E-state index in [0.717, 1.165) is 15.4 Å². The van der Waals surface area contributed by atoms with E-state index in [-0.39, 0.29) is 0 Å². The Morgan fingerprint density at radius 1 is 1.64 bits per heavy atom. The second kappa shape index (κ2) is 4.09. The molecule has 0 radical (unpaired) electrons. The Bertz CT molecular complexity index is 430. The fraction of sp³-hybridized carbons (Fsp3) is 0.375. The number of rotatable bonds is 3. The normalized spacial score (nSPS) is 13.9. The van der Waals surface area contributed by atoms with Gasteiger partial charge >= 0.3 is 0 Å². The molecule has 4 nitrogen and oxygen atoms in total. The fourth-order valence-electron chi connectivity index (χ4n) is 0.962. The van der Waals surface area contributed by atoms with Gasteiger partial charge in [-0.25, -0.2) is 8.42 Å². The topological polar surface area (TPSA) is 61.2 Å². The van der Waals surface area contributed by atoms with E-state index in [1.54, 1.807) is 12.1 Å². The second-order valence-corrected chi connectivity index (χ2v) is 5.85. The molecule has 1 aromatic heterocycles. The monoisotopic (exact) mass is 230 g/mol. The molecule has 0 saturated carbocycles. The molecule has 0 spiro atoms. The summed E-state index contributed by atoms with van der Waals surface area (Å²) in [6.07, 6.45) is 1.09. The van der Waals surface area contributed by atoms with Crippen molar-refractivity contribution >= 4 is 21.4 Å². The third-order valence-corrected chi connectivity index (χ3v) is 4.00. The van der Waals surface area contributed by atoms with Crippen LogP contribution in [0.15, 0.2) is 17.5 Å². The Labute approximate surface area is 87.4 Å². The summed E-state index contributed by atoms with van der Waals surface area (Å²) in [4.78, 5) is 0.737. The van der Waals surface area contributed by atoms with Gasteiger partial charge in [0.2, 0.25) is 10.0 Å². The van der Waals surface area contributed by atoms with E-state index < -0.39 is 16.1 Å².